The summed E-state index contributed by atoms with van der Waals surface area (Å²) in [7, 11) is 0. The van der Waals surface area contributed by atoms with Crippen molar-refractivity contribution in [2.24, 2.45) is 0 Å². The number of carbonyl (C=O) groups excluding carboxylic acids is 2. The predicted octanol–water partition coefficient (Wildman–Crippen LogP) is 4.09. The maximum Gasteiger partial charge on any atom is 0.411 e. The number of aliphatic carboxylic acids is 1. The molecule has 0 spiro atoms. The van der Waals surface area contributed by atoms with Crippen molar-refractivity contribution < 1.29 is 24.2 Å². The van der Waals surface area contributed by atoms with Crippen LogP contribution in [-0.4, -0.2) is 63.0 Å². The monoisotopic (exact) mass is 565 g/mol. The summed E-state index contributed by atoms with van der Waals surface area (Å²) < 4.78 is 6.93. The van der Waals surface area contributed by atoms with Crippen LogP contribution >= 0.6 is 0 Å². The molecule has 1 unspecified atom stereocenters. The maximum atomic E-state index is 12.9. The topological polar surface area (TPSA) is 126 Å². The van der Waals surface area contributed by atoms with Gasteiger partial charge in [-0.15, -0.1) is 0 Å². The highest BCUT2D eigenvalue weighted by atomic mass is 16.5. The number of fused-ring (bicyclic) bond motifs is 3. The minimum absolute atomic E-state index is 0.0599. The molecule has 1 fully saturated rings. The third-order valence-corrected chi connectivity index (χ3v) is 7.91. The Balaban J connectivity index is 1.02. The number of carboxylic acid groups (broad SMARTS) is 1. The smallest absolute Gasteiger partial charge is 0.411 e. The molecule has 2 amide bonds. The Kier molecular flexibility index (Phi) is 7.45. The van der Waals surface area contributed by atoms with E-state index in [0.717, 1.165) is 27.8 Å². The summed E-state index contributed by atoms with van der Waals surface area (Å²) in [5, 5.41) is 19.5. The van der Waals surface area contributed by atoms with Crippen LogP contribution in [0.4, 0.5) is 10.5 Å². The molecule has 0 bridgehead atoms. The van der Waals surface area contributed by atoms with Gasteiger partial charge in [-0.3, -0.25) is 19.7 Å². The zero-order valence-corrected chi connectivity index (χ0v) is 22.9. The van der Waals surface area contributed by atoms with Crippen LogP contribution in [0.25, 0.3) is 11.1 Å². The Labute approximate surface area is 242 Å². The molecule has 10 heteroatoms. The largest absolute Gasteiger partial charge is 0.479 e. The lowest BCUT2D eigenvalue weighted by atomic mass is 9.98. The number of nitrogens with zero attached hydrogens (tertiary/aromatic N) is 3. The zero-order chi connectivity index (χ0) is 29.1. The van der Waals surface area contributed by atoms with Crippen molar-refractivity contribution in [3.05, 3.63) is 108 Å². The zero-order valence-electron chi connectivity index (χ0n) is 22.9. The number of amides is 2. The molecular formula is C32H31N5O5. The first-order valence-corrected chi connectivity index (χ1v) is 13.9. The molecule has 1 aliphatic carbocycles. The Morgan fingerprint density at radius 3 is 2.31 bits per heavy atom. The van der Waals surface area contributed by atoms with Gasteiger partial charge in [-0.25, -0.2) is 9.59 Å². The van der Waals surface area contributed by atoms with E-state index in [-0.39, 0.29) is 25.6 Å². The summed E-state index contributed by atoms with van der Waals surface area (Å²) in [6, 6.07) is 26.0. The average molecular weight is 566 g/mol. The number of carbonyl (C=O) groups is 3. The fourth-order valence-corrected chi connectivity index (χ4v) is 5.92. The highest BCUT2D eigenvalue weighted by Crippen LogP contribution is 2.44. The second-order valence-corrected chi connectivity index (χ2v) is 10.8. The van der Waals surface area contributed by atoms with E-state index in [2.05, 4.69) is 40.0 Å². The molecule has 3 N–H and O–H groups in total. The molecule has 42 heavy (non-hydrogen) atoms. The normalized spacial score (nSPS) is 17.8. The Hall–Kier alpha value is -4.96. The van der Waals surface area contributed by atoms with E-state index >= 15 is 0 Å². The molecule has 1 atom stereocenters. The van der Waals surface area contributed by atoms with Crippen LogP contribution in [-0.2, 0) is 27.4 Å². The van der Waals surface area contributed by atoms with Crippen LogP contribution < -0.4 is 10.6 Å². The van der Waals surface area contributed by atoms with Crippen LogP contribution in [0, 0.1) is 0 Å². The number of hydrogen-bond acceptors (Lipinski definition) is 6. The van der Waals surface area contributed by atoms with Crippen LogP contribution in [0.3, 0.4) is 0 Å². The summed E-state index contributed by atoms with van der Waals surface area (Å²) in [6.45, 7) is 1.35. The van der Waals surface area contributed by atoms with Crippen molar-refractivity contribution in [3.63, 3.8) is 0 Å². The van der Waals surface area contributed by atoms with Crippen molar-refractivity contribution in [1.29, 1.82) is 0 Å². The Bertz CT molecular complexity index is 1570. The lowest BCUT2D eigenvalue weighted by Gasteiger charge is -2.26. The van der Waals surface area contributed by atoms with Crippen molar-refractivity contribution in [2.75, 3.05) is 25.0 Å². The molecule has 6 rings (SSSR count). The second kappa shape index (κ2) is 11.5. The van der Waals surface area contributed by atoms with Gasteiger partial charge in [0.15, 0.2) is 5.54 Å². The third-order valence-electron chi connectivity index (χ3n) is 7.91. The lowest BCUT2D eigenvalue weighted by Crippen LogP contribution is -2.56. The molecule has 0 radical (unpaired) electrons. The van der Waals surface area contributed by atoms with Gasteiger partial charge in [0, 0.05) is 31.7 Å². The van der Waals surface area contributed by atoms with Gasteiger partial charge in [0.25, 0.3) is 0 Å². The minimum Gasteiger partial charge on any atom is -0.479 e. The van der Waals surface area contributed by atoms with Gasteiger partial charge in [0.1, 0.15) is 13.2 Å². The van der Waals surface area contributed by atoms with Gasteiger partial charge in [0.2, 0.25) is 5.91 Å². The number of ether oxygens (including phenoxy) is 1. The SMILES string of the molecule is O=C(Cn1cc(NC(=O)OCC2c3ccccc3-c3ccccc32)cn1)NC1(C(=O)O)CCN(Cc2ccccc2)C1. The lowest BCUT2D eigenvalue weighted by molar-refractivity contribution is -0.147. The number of aromatic nitrogens is 2. The number of hydrogen-bond donors (Lipinski definition) is 3. The van der Waals surface area contributed by atoms with E-state index in [1.807, 2.05) is 59.5 Å². The molecule has 1 saturated heterocycles. The Morgan fingerprint density at radius 1 is 0.952 bits per heavy atom. The number of benzene rings is 3. The molecule has 1 aliphatic heterocycles. The molecule has 4 aromatic rings. The van der Waals surface area contributed by atoms with E-state index in [1.54, 1.807) is 0 Å². The molecular weight excluding hydrogens is 534 g/mol. The van der Waals surface area contributed by atoms with E-state index in [0.29, 0.717) is 25.2 Å². The second-order valence-electron chi connectivity index (χ2n) is 10.8. The van der Waals surface area contributed by atoms with Gasteiger partial charge in [0.05, 0.1) is 11.9 Å². The quantitative estimate of drug-likeness (QED) is 0.279. The van der Waals surface area contributed by atoms with E-state index < -0.39 is 23.5 Å². The van der Waals surface area contributed by atoms with Crippen LogP contribution in [0.1, 0.15) is 29.0 Å². The van der Waals surface area contributed by atoms with Crippen molar-refractivity contribution in [3.8, 4) is 11.1 Å². The fourth-order valence-electron chi connectivity index (χ4n) is 5.92. The number of likely N-dealkylation sites (tertiary alicyclic amines) is 1. The maximum absolute atomic E-state index is 12.9. The van der Waals surface area contributed by atoms with Crippen LogP contribution in [0.5, 0.6) is 0 Å². The van der Waals surface area contributed by atoms with E-state index in [1.165, 1.54) is 17.1 Å². The van der Waals surface area contributed by atoms with Gasteiger partial charge in [-0.05, 0) is 34.2 Å². The summed E-state index contributed by atoms with van der Waals surface area (Å²) in [5.74, 6) is -1.60. The van der Waals surface area contributed by atoms with Crippen LogP contribution in [0.2, 0.25) is 0 Å². The summed E-state index contributed by atoms with van der Waals surface area (Å²) >= 11 is 0. The predicted molar refractivity (Wildman–Crippen MR) is 156 cm³/mol. The Morgan fingerprint density at radius 2 is 1.62 bits per heavy atom. The first kappa shape index (κ1) is 27.2. The van der Waals surface area contributed by atoms with Crippen molar-refractivity contribution in [1.82, 2.24) is 20.0 Å². The van der Waals surface area contributed by atoms with E-state index in [4.69, 9.17) is 4.74 Å². The molecule has 3 aromatic carbocycles. The van der Waals surface area contributed by atoms with Crippen molar-refractivity contribution >= 4 is 23.7 Å². The van der Waals surface area contributed by atoms with Gasteiger partial charge >= 0.3 is 12.1 Å². The number of carboxylic acids is 1. The van der Waals surface area contributed by atoms with E-state index in [9.17, 15) is 19.5 Å². The highest BCUT2D eigenvalue weighted by Gasteiger charge is 2.46. The summed E-state index contributed by atoms with van der Waals surface area (Å²) in [4.78, 5) is 39.7. The summed E-state index contributed by atoms with van der Waals surface area (Å²) in [5.41, 5.74) is 4.60. The molecule has 0 saturated carbocycles. The summed E-state index contributed by atoms with van der Waals surface area (Å²) in [6.07, 6.45) is 2.59. The number of rotatable bonds is 9. The first-order valence-electron chi connectivity index (χ1n) is 13.9. The standard InChI is InChI=1S/C32H31N5O5/c38-29(35-32(30(39)40)14-15-36(21-32)17-22-8-2-1-3-9-22)19-37-18-23(16-33-37)34-31(41)42-20-28-26-12-6-4-10-24(26)25-11-5-7-13-27(25)28/h1-13,16,18,28H,14-15,17,19-21H2,(H,34,41)(H,35,38)(H,39,40). The third kappa shape index (κ3) is 5.61. The molecule has 2 heterocycles. The average Bonchev–Trinajstić information content (AvgIpc) is 3.69. The number of nitrogens with one attached hydrogen (secondary N) is 2. The van der Waals surface area contributed by atoms with Gasteiger partial charge in [-0.2, -0.15) is 5.10 Å². The van der Waals surface area contributed by atoms with Crippen molar-refractivity contribution in [2.45, 2.75) is 31.0 Å². The number of anilines is 1. The minimum atomic E-state index is -1.37. The van der Waals surface area contributed by atoms with Gasteiger partial charge in [-0.1, -0.05) is 78.9 Å². The first-order chi connectivity index (χ1) is 20.4. The van der Waals surface area contributed by atoms with Gasteiger partial charge < -0.3 is 15.2 Å². The fraction of sp³-hybridized carbons (Fsp3) is 0.250. The molecule has 1 aromatic heterocycles. The highest BCUT2D eigenvalue weighted by molar-refractivity contribution is 5.88. The molecule has 214 valence electrons. The molecule has 2 aliphatic rings. The molecule has 10 nitrogen and oxygen atoms in total. The van der Waals surface area contributed by atoms with Crippen LogP contribution in [0.15, 0.2) is 91.3 Å².